The molecule has 1 aromatic heterocycles. The lowest BCUT2D eigenvalue weighted by atomic mass is 9.88. The Kier molecular flexibility index (Phi) is 4.44. The summed E-state index contributed by atoms with van der Waals surface area (Å²) < 4.78 is 1.83. The number of aliphatic hydroxyl groups is 1. The first-order valence-electron chi connectivity index (χ1n) is 7.31. The Bertz CT molecular complexity index is 374. The lowest BCUT2D eigenvalue weighted by molar-refractivity contribution is 0.0157. The zero-order valence-electron chi connectivity index (χ0n) is 11.7. The predicted octanol–water partition coefficient (Wildman–Crippen LogP) is 3.07. The fourth-order valence-corrected chi connectivity index (χ4v) is 3.10. The molecule has 1 aliphatic rings. The van der Waals surface area contributed by atoms with Crippen LogP contribution in [0, 0.1) is 5.92 Å². The van der Waals surface area contributed by atoms with Crippen LogP contribution < -0.4 is 0 Å². The van der Waals surface area contributed by atoms with Gasteiger partial charge in [0.2, 0.25) is 0 Å². The molecule has 2 atom stereocenters. The fourth-order valence-electron chi connectivity index (χ4n) is 3.10. The van der Waals surface area contributed by atoms with Crippen LogP contribution in [0.3, 0.4) is 0 Å². The maximum absolute atomic E-state index is 10.7. The van der Waals surface area contributed by atoms with E-state index in [4.69, 9.17) is 0 Å². The maximum atomic E-state index is 10.7. The third-order valence-electron chi connectivity index (χ3n) is 4.49. The molecule has 1 aliphatic carbocycles. The van der Waals surface area contributed by atoms with Crippen molar-refractivity contribution < 1.29 is 5.11 Å². The average Bonchev–Trinajstić information content (AvgIpc) is 2.67. The van der Waals surface area contributed by atoms with Crippen molar-refractivity contribution >= 4 is 0 Å². The topological polar surface area (TPSA) is 38.1 Å². The first kappa shape index (κ1) is 13.6. The van der Waals surface area contributed by atoms with E-state index in [2.05, 4.69) is 18.2 Å². The van der Waals surface area contributed by atoms with Gasteiger partial charge in [-0.15, -0.1) is 0 Å². The highest BCUT2D eigenvalue weighted by molar-refractivity contribution is 5.04. The molecule has 3 heteroatoms. The van der Waals surface area contributed by atoms with Gasteiger partial charge in [0, 0.05) is 13.2 Å². The molecule has 0 aromatic carbocycles. The molecule has 0 radical (unpaired) electrons. The SMILES string of the molecule is CCC1CCCC(O)(CCc2cnn(C)c2)CC1. The molecule has 102 valence electrons. The molecule has 1 saturated carbocycles. The van der Waals surface area contributed by atoms with Gasteiger partial charge in [-0.3, -0.25) is 4.68 Å². The van der Waals surface area contributed by atoms with Gasteiger partial charge in [-0.1, -0.05) is 26.2 Å². The molecule has 2 unspecified atom stereocenters. The summed E-state index contributed by atoms with van der Waals surface area (Å²) in [5.74, 6) is 0.831. The lowest BCUT2D eigenvalue weighted by Gasteiger charge is -2.26. The maximum Gasteiger partial charge on any atom is 0.0651 e. The fraction of sp³-hybridized carbons (Fsp3) is 0.800. The summed E-state index contributed by atoms with van der Waals surface area (Å²) in [5, 5.41) is 14.9. The second kappa shape index (κ2) is 5.87. The van der Waals surface area contributed by atoms with Crippen molar-refractivity contribution in [1.82, 2.24) is 9.78 Å². The lowest BCUT2D eigenvalue weighted by Crippen LogP contribution is -2.28. The highest BCUT2D eigenvalue weighted by Gasteiger charge is 2.30. The second-order valence-corrected chi connectivity index (χ2v) is 5.95. The molecule has 0 spiro atoms. The molecule has 0 bridgehead atoms. The Hall–Kier alpha value is -0.830. The number of hydrogen-bond donors (Lipinski definition) is 1. The van der Waals surface area contributed by atoms with E-state index in [9.17, 15) is 5.11 Å². The number of hydrogen-bond acceptors (Lipinski definition) is 2. The van der Waals surface area contributed by atoms with Crippen molar-refractivity contribution in [2.75, 3.05) is 0 Å². The highest BCUT2D eigenvalue weighted by atomic mass is 16.3. The number of nitrogens with zero attached hydrogens (tertiary/aromatic N) is 2. The van der Waals surface area contributed by atoms with Crippen LogP contribution in [0.25, 0.3) is 0 Å². The van der Waals surface area contributed by atoms with Crippen LogP contribution in [0.15, 0.2) is 12.4 Å². The molecule has 1 fully saturated rings. The van der Waals surface area contributed by atoms with Gasteiger partial charge in [-0.25, -0.2) is 0 Å². The van der Waals surface area contributed by atoms with Crippen LogP contribution in [0.5, 0.6) is 0 Å². The summed E-state index contributed by atoms with van der Waals surface area (Å²) in [4.78, 5) is 0. The van der Waals surface area contributed by atoms with Gasteiger partial charge in [-0.05, 0) is 43.6 Å². The second-order valence-electron chi connectivity index (χ2n) is 5.95. The van der Waals surface area contributed by atoms with Crippen LogP contribution in [0.4, 0.5) is 0 Å². The Morgan fingerprint density at radius 1 is 1.44 bits per heavy atom. The van der Waals surface area contributed by atoms with Gasteiger partial charge in [-0.2, -0.15) is 5.10 Å². The highest BCUT2D eigenvalue weighted by Crippen LogP contribution is 2.34. The van der Waals surface area contributed by atoms with E-state index < -0.39 is 5.60 Å². The monoisotopic (exact) mass is 250 g/mol. The molecular formula is C15H26N2O. The van der Waals surface area contributed by atoms with Crippen molar-refractivity contribution in [3.8, 4) is 0 Å². The molecule has 1 aromatic rings. The van der Waals surface area contributed by atoms with E-state index >= 15 is 0 Å². The van der Waals surface area contributed by atoms with Gasteiger partial charge < -0.3 is 5.11 Å². The zero-order valence-corrected chi connectivity index (χ0v) is 11.7. The van der Waals surface area contributed by atoms with E-state index in [0.29, 0.717) is 0 Å². The van der Waals surface area contributed by atoms with Crippen LogP contribution in [-0.2, 0) is 13.5 Å². The first-order chi connectivity index (χ1) is 8.61. The largest absolute Gasteiger partial charge is 0.390 e. The minimum Gasteiger partial charge on any atom is -0.390 e. The third kappa shape index (κ3) is 3.58. The van der Waals surface area contributed by atoms with Crippen LogP contribution in [0.1, 0.15) is 57.4 Å². The summed E-state index contributed by atoms with van der Waals surface area (Å²) in [6.07, 6.45) is 12.7. The van der Waals surface area contributed by atoms with Crippen LogP contribution in [-0.4, -0.2) is 20.5 Å². The number of aromatic nitrogens is 2. The number of aryl methyl sites for hydroxylation is 2. The molecule has 18 heavy (non-hydrogen) atoms. The van der Waals surface area contributed by atoms with Gasteiger partial charge in [0.25, 0.3) is 0 Å². The summed E-state index contributed by atoms with van der Waals surface area (Å²) in [6.45, 7) is 2.27. The molecule has 0 saturated heterocycles. The van der Waals surface area contributed by atoms with Crippen molar-refractivity contribution in [2.45, 2.75) is 63.9 Å². The smallest absolute Gasteiger partial charge is 0.0651 e. The van der Waals surface area contributed by atoms with Crippen LogP contribution >= 0.6 is 0 Å². The summed E-state index contributed by atoms with van der Waals surface area (Å²) in [5.41, 5.74) is 0.807. The quantitative estimate of drug-likeness (QED) is 0.834. The Morgan fingerprint density at radius 3 is 2.94 bits per heavy atom. The van der Waals surface area contributed by atoms with Crippen molar-refractivity contribution in [3.63, 3.8) is 0 Å². The molecule has 3 nitrogen and oxygen atoms in total. The molecule has 0 amide bonds. The van der Waals surface area contributed by atoms with Crippen LogP contribution in [0.2, 0.25) is 0 Å². The third-order valence-corrected chi connectivity index (χ3v) is 4.49. The van der Waals surface area contributed by atoms with Gasteiger partial charge >= 0.3 is 0 Å². The van der Waals surface area contributed by atoms with Gasteiger partial charge in [0.05, 0.1) is 11.8 Å². The van der Waals surface area contributed by atoms with E-state index in [1.807, 2.05) is 17.9 Å². The predicted molar refractivity (Wildman–Crippen MR) is 73.3 cm³/mol. The minimum absolute atomic E-state index is 0.431. The average molecular weight is 250 g/mol. The zero-order chi connectivity index (χ0) is 13.0. The van der Waals surface area contributed by atoms with Crippen molar-refractivity contribution in [3.05, 3.63) is 18.0 Å². The van der Waals surface area contributed by atoms with E-state index in [-0.39, 0.29) is 0 Å². The van der Waals surface area contributed by atoms with Crippen molar-refractivity contribution in [1.29, 1.82) is 0 Å². The Morgan fingerprint density at radius 2 is 2.28 bits per heavy atom. The summed E-state index contributed by atoms with van der Waals surface area (Å²) in [6, 6.07) is 0. The standard InChI is InChI=1S/C15H26N2O/c1-3-13-5-4-8-15(18,9-6-13)10-7-14-11-16-17(2)12-14/h11-13,18H,3-10H2,1-2H3. The molecular weight excluding hydrogens is 224 g/mol. The summed E-state index contributed by atoms with van der Waals surface area (Å²) in [7, 11) is 1.94. The number of rotatable bonds is 4. The first-order valence-corrected chi connectivity index (χ1v) is 7.31. The van der Waals surface area contributed by atoms with E-state index in [0.717, 1.165) is 31.6 Å². The van der Waals surface area contributed by atoms with E-state index in [1.54, 1.807) is 0 Å². The molecule has 1 heterocycles. The molecule has 1 N–H and O–H groups in total. The molecule has 2 rings (SSSR count). The van der Waals surface area contributed by atoms with Gasteiger partial charge in [0.1, 0.15) is 0 Å². The Balaban J connectivity index is 1.87. The van der Waals surface area contributed by atoms with Crippen molar-refractivity contribution in [2.24, 2.45) is 13.0 Å². The minimum atomic E-state index is -0.431. The van der Waals surface area contributed by atoms with E-state index in [1.165, 1.54) is 31.2 Å². The normalized spacial score (nSPS) is 29.2. The van der Waals surface area contributed by atoms with Gasteiger partial charge in [0.15, 0.2) is 0 Å². The Labute approximate surface area is 110 Å². The summed E-state index contributed by atoms with van der Waals surface area (Å²) >= 11 is 0. The molecule has 0 aliphatic heterocycles.